The summed E-state index contributed by atoms with van der Waals surface area (Å²) in [6, 6.07) is 53.5. The monoisotopic (exact) mass is 618 g/mol. The van der Waals surface area contributed by atoms with Gasteiger partial charge < -0.3 is 9.47 Å². The number of anilines is 3. The van der Waals surface area contributed by atoms with E-state index in [1.165, 1.54) is 66.4 Å². The Morgan fingerprint density at radius 1 is 0.667 bits per heavy atom. The minimum absolute atomic E-state index is 0.154. The molecule has 1 heterocycles. The molecule has 0 aliphatic heterocycles. The molecule has 2 nitrogen and oxygen atoms in total. The lowest BCUT2D eigenvalue weighted by molar-refractivity contribution is 0.979. The molecule has 0 atom stereocenters. The van der Waals surface area contributed by atoms with Crippen LogP contribution in [0.15, 0.2) is 164 Å². The topological polar surface area (TPSA) is 8.17 Å². The summed E-state index contributed by atoms with van der Waals surface area (Å²) in [6.45, 7) is 4.68. The van der Waals surface area contributed by atoms with Crippen molar-refractivity contribution in [2.75, 3.05) is 4.90 Å². The maximum Gasteiger partial charge on any atom is 0.241 e. The lowest BCUT2D eigenvalue weighted by atomic mass is 9.35. The average Bonchev–Trinajstić information content (AvgIpc) is 3.49. The third-order valence-corrected chi connectivity index (χ3v) is 9.92. The van der Waals surface area contributed by atoms with E-state index in [2.05, 4.69) is 187 Å². The van der Waals surface area contributed by atoms with Gasteiger partial charge in [0.2, 0.25) is 6.71 Å². The van der Waals surface area contributed by atoms with Crippen molar-refractivity contribution in [3.8, 4) is 0 Å². The molecule has 0 radical (unpaired) electrons. The van der Waals surface area contributed by atoms with Crippen molar-refractivity contribution in [2.45, 2.75) is 33.1 Å². The van der Waals surface area contributed by atoms with E-state index >= 15 is 0 Å². The third-order valence-electron chi connectivity index (χ3n) is 9.92. The molecule has 1 aromatic heterocycles. The van der Waals surface area contributed by atoms with E-state index in [1.54, 1.807) is 0 Å². The Kier molecular flexibility index (Phi) is 8.04. The van der Waals surface area contributed by atoms with Crippen molar-refractivity contribution in [3.63, 3.8) is 0 Å². The predicted molar refractivity (Wildman–Crippen MR) is 208 cm³/mol. The highest BCUT2D eigenvalue weighted by Gasteiger charge is 2.27. The fraction of sp³-hybridized carbons (Fsp3) is 0.111. The summed E-state index contributed by atoms with van der Waals surface area (Å²) in [4.78, 5) is 2.46. The molecule has 0 spiro atoms. The molecule has 0 amide bonds. The van der Waals surface area contributed by atoms with Gasteiger partial charge in [-0.3, -0.25) is 0 Å². The van der Waals surface area contributed by atoms with Crippen LogP contribution in [0.4, 0.5) is 17.1 Å². The van der Waals surface area contributed by atoms with E-state index in [0.717, 1.165) is 24.9 Å². The Balaban J connectivity index is 1.36. The average molecular weight is 619 g/mol. The fourth-order valence-corrected chi connectivity index (χ4v) is 7.68. The smallest absolute Gasteiger partial charge is 0.241 e. The molecular formula is C45H39BN2. The van der Waals surface area contributed by atoms with Crippen molar-refractivity contribution in [1.29, 1.82) is 0 Å². The zero-order valence-corrected chi connectivity index (χ0v) is 27.7. The van der Waals surface area contributed by atoms with Gasteiger partial charge >= 0.3 is 0 Å². The molecule has 0 saturated carbocycles. The summed E-state index contributed by atoms with van der Waals surface area (Å²) < 4.78 is 2.48. The number of para-hydroxylation sites is 2. The van der Waals surface area contributed by atoms with Crippen LogP contribution in [0.25, 0.3) is 27.5 Å². The van der Waals surface area contributed by atoms with Gasteiger partial charge in [-0.15, -0.1) is 0 Å². The zero-order valence-electron chi connectivity index (χ0n) is 27.7. The predicted octanol–water partition coefficient (Wildman–Crippen LogP) is 9.84. The number of hydrogen-bond acceptors (Lipinski definition) is 1. The van der Waals surface area contributed by atoms with Crippen LogP contribution in [0.3, 0.4) is 0 Å². The van der Waals surface area contributed by atoms with Gasteiger partial charge in [0.05, 0.1) is 16.7 Å². The minimum atomic E-state index is 0.154. The largest absolute Gasteiger partial charge is 0.313 e. The Bertz CT molecular complexity index is 2300. The van der Waals surface area contributed by atoms with Crippen LogP contribution < -0.4 is 21.3 Å². The number of allylic oxidation sites excluding steroid dienone is 4. The SMILES string of the molecule is CCc1cc(N(c2ccccc2)c2cccc3c2c2ccccc2n3C2=CC=CCC2)ccc1B(c1ccccc1)c1ccccc1C. The summed E-state index contributed by atoms with van der Waals surface area (Å²) in [6.07, 6.45) is 9.77. The molecule has 48 heavy (non-hydrogen) atoms. The second kappa shape index (κ2) is 12.9. The molecule has 0 N–H and O–H groups in total. The number of aromatic nitrogens is 1. The first-order valence-corrected chi connectivity index (χ1v) is 17.2. The number of hydrogen-bond donors (Lipinski definition) is 0. The fourth-order valence-electron chi connectivity index (χ4n) is 7.68. The van der Waals surface area contributed by atoms with Crippen LogP contribution in [0, 0.1) is 6.92 Å². The van der Waals surface area contributed by atoms with Crippen molar-refractivity contribution < 1.29 is 0 Å². The maximum absolute atomic E-state index is 2.48. The molecule has 7 aromatic rings. The standard InChI is InChI=1S/C45H39BN2/c1-3-34-32-38(30-31-41(34)46(35-19-7-4-8-20-35)40-26-15-13-18-33(40)2)47(36-21-9-5-10-22-36)43-28-17-29-44-45(43)39-25-14-16-27-42(39)48(44)37-23-11-6-12-24-37/h4-11,13-23,25-32H,3,12,24H2,1-2H3. The van der Waals surface area contributed by atoms with Gasteiger partial charge in [-0.1, -0.05) is 150 Å². The first-order valence-electron chi connectivity index (χ1n) is 17.2. The molecule has 1 aliphatic carbocycles. The second-order valence-corrected chi connectivity index (χ2v) is 12.8. The van der Waals surface area contributed by atoms with E-state index in [4.69, 9.17) is 0 Å². The molecule has 0 bridgehead atoms. The summed E-state index contributed by atoms with van der Waals surface area (Å²) in [5, 5.41) is 2.55. The molecule has 0 unspecified atom stereocenters. The van der Waals surface area contributed by atoms with Gasteiger partial charge in [0.1, 0.15) is 0 Å². The van der Waals surface area contributed by atoms with E-state index in [-0.39, 0.29) is 6.71 Å². The lowest BCUT2D eigenvalue weighted by Gasteiger charge is -2.28. The van der Waals surface area contributed by atoms with Crippen LogP contribution in [0.5, 0.6) is 0 Å². The van der Waals surface area contributed by atoms with Crippen LogP contribution in [0.2, 0.25) is 0 Å². The Labute approximate surface area is 284 Å². The Hall–Kier alpha value is -5.54. The van der Waals surface area contributed by atoms with E-state index < -0.39 is 0 Å². The Morgan fingerprint density at radius 2 is 1.40 bits per heavy atom. The number of aryl methyl sites for hydroxylation is 2. The number of nitrogens with zero attached hydrogens (tertiary/aromatic N) is 2. The normalized spacial score (nSPS) is 12.8. The van der Waals surface area contributed by atoms with Crippen LogP contribution >= 0.6 is 0 Å². The highest BCUT2D eigenvalue weighted by atomic mass is 15.1. The summed E-state index contributed by atoms with van der Waals surface area (Å²) in [5.41, 5.74) is 14.1. The van der Waals surface area contributed by atoms with Gasteiger partial charge in [-0.25, -0.2) is 0 Å². The molecule has 3 heteroatoms. The molecule has 8 rings (SSSR count). The summed E-state index contributed by atoms with van der Waals surface area (Å²) in [7, 11) is 0. The summed E-state index contributed by atoms with van der Waals surface area (Å²) in [5.74, 6) is 0. The van der Waals surface area contributed by atoms with Gasteiger partial charge in [0, 0.05) is 27.8 Å². The van der Waals surface area contributed by atoms with E-state index in [9.17, 15) is 0 Å². The van der Waals surface area contributed by atoms with Crippen LogP contribution in [-0.2, 0) is 6.42 Å². The highest BCUT2D eigenvalue weighted by molar-refractivity contribution is 6.96. The van der Waals surface area contributed by atoms with Gasteiger partial charge in [0.15, 0.2) is 0 Å². The van der Waals surface area contributed by atoms with Crippen LogP contribution in [0.1, 0.15) is 30.9 Å². The Morgan fingerprint density at radius 3 is 2.17 bits per heavy atom. The highest BCUT2D eigenvalue weighted by Crippen LogP contribution is 2.44. The van der Waals surface area contributed by atoms with Crippen molar-refractivity contribution >= 4 is 67.7 Å². The molecular weight excluding hydrogens is 579 g/mol. The van der Waals surface area contributed by atoms with Gasteiger partial charge in [-0.2, -0.15) is 0 Å². The number of fused-ring (bicyclic) bond motifs is 3. The maximum atomic E-state index is 2.48. The molecule has 0 saturated heterocycles. The van der Waals surface area contributed by atoms with E-state index in [0.29, 0.717) is 0 Å². The zero-order chi connectivity index (χ0) is 32.5. The van der Waals surface area contributed by atoms with Crippen LogP contribution in [-0.4, -0.2) is 11.3 Å². The second-order valence-electron chi connectivity index (χ2n) is 12.8. The minimum Gasteiger partial charge on any atom is -0.313 e. The number of benzene rings is 6. The summed E-state index contributed by atoms with van der Waals surface area (Å²) >= 11 is 0. The van der Waals surface area contributed by atoms with Crippen molar-refractivity contribution in [1.82, 2.24) is 4.57 Å². The lowest BCUT2D eigenvalue weighted by Crippen LogP contribution is -2.54. The first-order chi connectivity index (χ1) is 23.7. The van der Waals surface area contributed by atoms with Crippen molar-refractivity contribution in [2.24, 2.45) is 0 Å². The third kappa shape index (κ3) is 5.26. The molecule has 0 fully saturated rings. The molecule has 6 aromatic carbocycles. The molecule has 232 valence electrons. The quantitative estimate of drug-likeness (QED) is 0.154. The number of rotatable bonds is 8. The van der Waals surface area contributed by atoms with E-state index in [1.807, 2.05) is 0 Å². The van der Waals surface area contributed by atoms with Crippen molar-refractivity contribution in [3.05, 3.63) is 175 Å². The first kappa shape index (κ1) is 29.8. The van der Waals surface area contributed by atoms with Gasteiger partial charge in [0.25, 0.3) is 0 Å². The van der Waals surface area contributed by atoms with Gasteiger partial charge in [-0.05, 0) is 74.7 Å². The molecule has 1 aliphatic rings.